The SMILES string of the molecule is [O-][n+]1ccc(-c2ccccc2)[n+]([O-])c1. The Hall–Kier alpha value is -2.10. The van der Waals surface area contributed by atoms with Crippen LogP contribution < -0.4 is 9.46 Å². The molecule has 0 N–H and O–H groups in total. The van der Waals surface area contributed by atoms with Crippen molar-refractivity contribution in [3.8, 4) is 11.3 Å². The van der Waals surface area contributed by atoms with E-state index in [1.165, 1.54) is 12.3 Å². The Morgan fingerprint density at radius 3 is 2.29 bits per heavy atom. The average Bonchev–Trinajstić information content (AvgIpc) is 2.19. The van der Waals surface area contributed by atoms with Crippen molar-refractivity contribution in [2.75, 3.05) is 0 Å². The summed E-state index contributed by atoms with van der Waals surface area (Å²) in [6, 6.07) is 10.7. The summed E-state index contributed by atoms with van der Waals surface area (Å²) in [5.74, 6) is 0. The van der Waals surface area contributed by atoms with Crippen LogP contribution >= 0.6 is 0 Å². The second-order valence-electron chi connectivity index (χ2n) is 2.87. The Bertz CT molecular complexity index is 443. The van der Waals surface area contributed by atoms with Crippen molar-refractivity contribution < 1.29 is 9.46 Å². The number of aromatic nitrogens is 2. The molecule has 1 aromatic carbocycles. The molecule has 4 nitrogen and oxygen atoms in total. The first kappa shape index (κ1) is 8.50. The minimum Gasteiger partial charge on any atom is -0.614 e. The third-order valence-electron chi connectivity index (χ3n) is 1.91. The van der Waals surface area contributed by atoms with Gasteiger partial charge in [0.2, 0.25) is 5.69 Å². The predicted octanol–water partition coefficient (Wildman–Crippen LogP) is 0.620. The van der Waals surface area contributed by atoms with E-state index in [0.717, 1.165) is 11.9 Å². The van der Waals surface area contributed by atoms with Gasteiger partial charge in [0.25, 0.3) is 0 Å². The van der Waals surface area contributed by atoms with Gasteiger partial charge in [-0.15, -0.1) is 9.46 Å². The van der Waals surface area contributed by atoms with Crippen LogP contribution in [0, 0.1) is 10.4 Å². The first-order valence-corrected chi connectivity index (χ1v) is 4.15. The van der Waals surface area contributed by atoms with Crippen LogP contribution in [0.4, 0.5) is 0 Å². The molecule has 0 saturated carbocycles. The highest BCUT2D eigenvalue weighted by molar-refractivity contribution is 5.54. The standard InChI is InChI=1S/C10H8N2O2/c13-11-7-6-10(12(14)8-11)9-4-2-1-3-5-9/h1-8H. The van der Waals surface area contributed by atoms with Gasteiger partial charge in [0.1, 0.15) is 0 Å². The number of nitrogens with zero attached hydrogens (tertiary/aromatic N) is 2. The lowest BCUT2D eigenvalue weighted by atomic mass is 10.1. The zero-order valence-corrected chi connectivity index (χ0v) is 7.33. The summed E-state index contributed by atoms with van der Waals surface area (Å²) in [6.45, 7) is 0. The van der Waals surface area contributed by atoms with Gasteiger partial charge < -0.3 is 10.4 Å². The van der Waals surface area contributed by atoms with Crippen LogP contribution in [-0.4, -0.2) is 0 Å². The van der Waals surface area contributed by atoms with Gasteiger partial charge in [-0.05, 0) is 12.1 Å². The summed E-state index contributed by atoms with van der Waals surface area (Å²) in [5, 5.41) is 22.1. The fraction of sp³-hybridized carbons (Fsp3) is 0. The van der Waals surface area contributed by atoms with E-state index in [1.54, 1.807) is 0 Å². The Balaban J connectivity index is 2.53. The molecular formula is C10H8N2O2. The van der Waals surface area contributed by atoms with Crippen molar-refractivity contribution >= 4 is 0 Å². The summed E-state index contributed by atoms with van der Waals surface area (Å²) in [5.41, 5.74) is 1.26. The normalized spacial score (nSPS) is 10.0. The molecule has 1 heterocycles. The Morgan fingerprint density at radius 2 is 1.64 bits per heavy atom. The van der Waals surface area contributed by atoms with E-state index in [4.69, 9.17) is 0 Å². The maximum absolute atomic E-state index is 11.3. The number of hydrogen-bond acceptors (Lipinski definition) is 2. The lowest BCUT2D eigenvalue weighted by Crippen LogP contribution is -2.41. The quantitative estimate of drug-likeness (QED) is 0.486. The number of hydrogen-bond donors (Lipinski definition) is 0. The van der Waals surface area contributed by atoms with Gasteiger partial charge in [-0.1, -0.05) is 18.2 Å². The summed E-state index contributed by atoms with van der Waals surface area (Å²) in [6.07, 6.45) is 2.25. The van der Waals surface area contributed by atoms with E-state index < -0.39 is 0 Å². The smallest absolute Gasteiger partial charge is 0.430 e. The molecule has 0 radical (unpaired) electrons. The van der Waals surface area contributed by atoms with Crippen molar-refractivity contribution in [1.29, 1.82) is 0 Å². The van der Waals surface area contributed by atoms with Crippen LogP contribution in [0.2, 0.25) is 0 Å². The molecule has 70 valence electrons. The van der Waals surface area contributed by atoms with Gasteiger partial charge >= 0.3 is 6.33 Å². The third-order valence-corrected chi connectivity index (χ3v) is 1.91. The molecule has 4 heteroatoms. The molecule has 0 aliphatic carbocycles. The lowest BCUT2D eigenvalue weighted by molar-refractivity contribution is -0.739. The van der Waals surface area contributed by atoms with E-state index in [-0.39, 0.29) is 0 Å². The highest BCUT2D eigenvalue weighted by Crippen LogP contribution is 2.12. The maximum atomic E-state index is 11.3. The zero-order valence-electron chi connectivity index (χ0n) is 7.33. The van der Waals surface area contributed by atoms with E-state index in [9.17, 15) is 10.4 Å². The fourth-order valence-electron chi connectivity index (χ4n) is 1.25. The molecule has 0 atom stereocenters. The van der Waals surface area contributed by atoms with Gasteiger partial charge in [0, 0.05) is 5.56 Å². The highest BCUT2D eigenvalue weighted by Gasteiger charge is 2.09. The molecule has 0 aliphatic heterocycles. The molecule has 1 aromatic heterocycles. The second-order valence-corrected chi connectivity index (χ2v) is 2.87. The summed E-state index contributed by atoms with van der Waals surface area (Å²) >= 11 is 0. The van der Waals surface area contributed by atoms with Crippen molar-refractivity contribution in [3.63, 3.8) is 0 Å². The van der Waals surface area contributed by atoms with E-state index >= 15 is 0 Å². The molecule has 14 heavy (non-hydrogen) atoms. The highest BCUT2D eigenvalue weighted by atomic mass is 16.5. The molecule has 0 saturated heterocycles. The maximum Gasteiger partial charge on any atom is 0.430 e. The van der Waals surface area contributed by atoms with Crippen molar-refractivity contribution in [2.24, 2.45) is 0 Å². The first-order chi connectivity index (χ1) is 6.77. The van der Waals surface area contributed by atoms with E-state index in [2.05, 4.69) is 0 Å². The summed E-state index contributed by atoms with van der Waals surface area (Å²) in [4.78, 5) is 0. The van der Waals surface area contributed by atoms with Crippen molar-refractivity contribution in [2.45, 2.75) is 0 Å². The minimum atomic E-state index is 0.470. The molecule has 0 amide bonds. The van der Waals surface area contributed by atoms with Crippen molar-refractivity contribution in [3.05, 3.63) is 59.3 Å². The molecule has 2 aromatic rings. The van der Waals surface area contributed by atoms with Crippen LogP contribution in [0.25, 0.3) is 11.3 Å². The molecule has 2 rings (SSSR count). The van der Waals surface area contributed by atoms with E-state index in [1.807, 2.05) is 30.3 Å². The zero-order chi connectivity index (χ0) is 9.97. The van der Waals surface area contributed by atoms with Gasteiger partial charge in [0.15, 0.2) is 6.20 Å². The van der Waals surface area contributed by atoms with Gasteiger partial charge in [-0.3, -0.25) is 0 Å². The number of benzene rings is 1. The topological polar surface area (TPSA) is 53.9 Å². The molecule has 0 bridgehead atoms. The van der Waals surface area contributed by atoms with Crippen molar-refractivity contribution in [1.82, 2.24) is 0 Å². The van der Waals surface area contributed by atoms with Gasteiger partial charge in [-0.2, -0.15) is 0 Å². The van der Waals surface area contributed by atoms with Crippen LogP contribution in [0.3, 0.4) is 0 Å². The summed E-state index contributed by atoms with van der Waals surface area (Å²) in [7, 11) is 0. The molecule has 0 aliphatic rings. The lowest BCUT2D eigenvalue weighted by Gasteiger charge is -2.02. The largest absolute Gasteiger partial charge is 0.614 e. The Morgan fingerprint density at radius 1 is 0.929 bits per heavy atom. The summed E-state index contributed by atoms with van der Waals surface area (Å²) < 4.78 is 1.03. The fourth-order valence-corrected chi connectivity index (χ4v) is 1.25. The van der Waals surface area contributed by atoms with Gasteiger partial charge in [0.05, 0.1) is 6.07 Å². The number of rotatable bonds is 1. The van der Waals surface area contributed by atoms with Crippen LogP contribution in [0.5, 0.6) is 0 Å². The predicted molar refractivity (Wildman–Crippen MR) is 49.8 cm³/mol. The third kappa shape index (κ3) is 1.50. The molecule has 0 fully saturated rings. The molecule has 0 unspecified atom stereocenters. The van der Waals surface area contributed by atoms with Crippen LogP contribution in [0.1, 0.15) is 0 Å². The Labute approximate surface area is 80.8 Å². The second kappa shape index (κ2) is 3.33. The van der Waals surface area contributed by atoms with Crippen LogP contribution in [-0.2, 0) is 0 Å². The van der Waals surface area contributed by atoms with E-state index in [0.29, 0.717) is 15.2 Å². The van der Waals surface area contributed by atoms with Crippen LogP contribution in [0.15, 0.2) is 48.9 Å². The minimum absolute atomic E-state index is 0.470. The first-order valence-electron chi connectivity index (χ1n) is 4.15. The molecule has 0 spiro atoms. The Kier molecular flexibility index (Phi) is 2.02. The molecular weight excluding hydrogens is 180 g/mol. The average molecular weight is 188 g/mol. The van der Waals surface area contributed by atoms with Gasteiger partial charge in [-0.25, -0.2) is 0 Å². The monoisotopic (exact) mass is 188 g/mol.